The molecule has 78 valence electrons. The minimum Gasteiger partial charge on any atom is -0.380 e. The molecule has 0 aromatic carbocycles. The monoisotopic (exact) mass is 198 g/mol. The molecule has 14 heavy (non-hydrogen) atoms. The Morgan fingerprint density at radius 2 is 2.14 bits per heavy atom. The SMILES string of the molecule is COC(C)C(C)Nc1cccc(F)n1. The van der Waals surface area contributed by atoms with E-state index in [1.807, 2.05) is 13.8 Å². The normalized spacial score (nSPS) is 14.9. The zero-order chi connectivity index (χ0) is 10.6. The maximum absolute atomic E-state index is 12.7. The fraction of sp³-hybridized carbons (Fsp3) is 0.500. The van der Waals surface area contributed by atoms with E-state index >= 15 is 0 Å². The van der Waals surface area contributed by atoms with Gasteiger partial charge >= 0.3 is 0 Å². The number of aromatic nitrogens is 1. The summed E-state index contributed by atoms with van der Waals surface area (Å²) in [5.74, 6) is 0.0497. The summed E-state index contributed by atoms with van der Waals surface area (Å²) >= 11 is 0. The second-order valence-electron chi connectivity index (χ2n) is 3.22. The van der Waals surface area contributed by atoms with E-state index in [4.69, 9.17) is 4.74 Å². The number of hydrogen-bond acceptors (Lipinski definition) is 3. The number of anilines is 1. The Morgan fingerprint density at radius 1 is 1.43 bits per heavy atom. The van der Waals surface area contributed by atoms with Crippen molar-refractivity contribution in [2.75, 3.05) is 12.4 Å². The zero-order valence-electron chi connectivity index (χ0n) is 8.62. The Balaban J connectivity index is 2.60. The molecule has 0 aliphatic carbocycles. The first-order valence-corrected chi connectivity index (χ1v) is 4.55. The predicted molar refractivity (Wildman–Crippen MR) is 53.8 cm³/mol. The molecule has 0 spiro atoms. The first kappa shape index (κ1) is 10.9. The van der Waals surface area contributed by atoms with Gasteiger partial charge in [0.2, 0.25) is 5.95 Å². The van der Waals surface area contributed by atoms with Crippen LogP contribution in [-0.2, 0) is 4.74 Å². The molecule has 1 aromatic rings. The molecule has 0 radical (unpaired) electrons. The average Bonchev–Trinajstić information content (AvgIpc) is 2.16. The molecule has 2 atom stereocenters. The van der Waals surface area contributed by atoms with Gasteiger partial charge in [0.25, 0.3) is 0 Å². The van der Waals surface area contributed by atoms with Gasteiger partial charge in [0.15, 0.2) is 0 Å². The lowest BCUT2D eigenvalue weighted by Crippen LogP contribution is -2.30. The van der Waals surface area contributed by atoms with Crippen LogP contribution in [-0.4, -0.2) is 24.2 Å². The van der Waals surface area contributed by atoms with Crippen molar-refractivity contribution in [3.05, 3.63) is 24.1 Å². The molecule has 0 aliphatic rings. The van der Waals surface area contributed by atoms with E-state index in [0.29, 0.717) is 5.82 Å². The number of methoxy groups -OCH3 is 1. The number of hydrogen-bond donors (Lipinski definition) is 1. The van der Waals surface area contributed by atoms with E-state index in [2.05, 4.69) is 10.3 Å². The van der Waals surface area contributed by atoms with Gasteiger partial charge in [-0.15, -0.1) is 0 Å². The lowest BCUT2D eigenvalue weighted by atomic mass is 10.2. The highest BCUT2D eigenvalue weighted by atomic mass is 19.1. The van der Waals surface area contributed by atoms with Crippen molar-refractivity contribution in [1.82, 2.24) is 4.98 Å². The van der Waals surface area contributed by atoms with Gasteiger partial charge in [-0.05, 0) is 26.0 Å². The van der Waals surface area contributed by atoms with Crippen LogP contribution in [0.5, 0.6) is 0 Å². The lowest BCUT2D eigenvalue weighted by molar-refractivity contribution is 0.106. The molecule has 4 heteroatoms. The molecule has 0 bridgehead atoms. The van der Waals surface area contributed by atoms with Crippen LogP contribution in [0.15, 0.2) is 18.2 Å². The Labute approximate surface area is 83.3 Å². The van der Waals surface area contributed by atoms with Crippen LogP contribution >= 0.6 is 0 Å². The van der Waals surface area contributed by atoms with Gasteiger partial charge in [-0.2, -0.15) is 4.39 Å². The summed E-state index contributed by atoms with van der Waals surface area (Å²) in [5.41, 5.74) is 0. The van der Waals surface area contributed by atoms with Crippen molar-refractivity contribution in [3.63, 3.8) is 0 Å². The molecule has 3 nitrogen and oxygen atoms in total. The van der Waals surface area contributed by atoms with Crippen LogP contribution in [0.25, 0.3) is 0 Å². The van der Waals surface area contributed by atoms with Crippen LogP contribution in [0.4, 0.5) is 10.2 Å². The highest BCUT2D eigenvalue weighted by Crippen LogP contribution is 2.08. The van der Waals surface area contributed by atoms with Crippen LogP contribution in [0, 0.1) is 5.95 Å². The third-order valence-electron chi connectivity index (χ3n) is 2.17. The van der Waals surface area contributed by atoms with Crippen molar-refractivity contribution >= 4 is 5.82 Å². The summed E-state index contributed by atoms with van der Waals surface area (Å²) in [5, 5.41) is 3.06. The van der Waals surface area contributed by atoms with E-state index in [0.717, 1.165) is 0 Å². The van der Waals surface area contributed by atoms with Crippen molar-refractivity contribution in [1.29, 1.82) is 0 Å². The van der Waals surface area contributed by atoms with Gasteiger partial charge in [0.05, 0.1) is 12.1 Å². The molecular weight excluding hydrogens is 183 g/mol. The van der Waals surface area contributed by atoms with E-state index in [1.54, 1.807) is 19.2 Å². The van der Waals surface area contributed by atoms with Crippen LogP contribution in [0.3, 0.4) is 0 Å². The van der Waals surface area contributed by atoms with Crippen LogP contribution in [0.2, 0.25) is 0 Å². The van der Waals surface area contributed by atoms with E-state index in [-0.39, 0.29) is 12.1 Å². The van der Waals surface area contributed by atoms with Gasteiger partial charge in [-0.25, -0.2) is 4.98 Å². The quantitative estimate of drug-likeness (QED) is 0.752. The third kappa shape index (κ3) is 2.96. The summed E-state index contributed by atoms with van der Waals surface area (Å²) in [6.45, 7) is 3.90. The topological polar surface area (TPSA) is 34.1 Å². The van der Waals surface area contributed by atoms with Crippen molar-refractivity contribution < 1.29 is 9.13 Å². The second kappa shape index (κ2) is 4.91. The maximum atomic E-state index is 12.7. The number of halogens is 1. The molecule has 2 unspecified atom stereocenters. The van der Waals surface area contributed by atoms with E-state index in [9.17, 15) is 4.39 Å². The Bertz CT molecular complexity index is 293. The number of nitrogens with one attached hydrogen (secondary N) is 1. The molecule has 1 heterocycles. The van der Waals surface area contributed by atoms with Gasteiger partial charge < -0.3 is 10.1 Å². The minimum atomic E-state index is -0.479. The molecule has 0 saturated heterocycles. The smallest absolute Gasteiger partial charge is 0.214 e. The van der Waals surface area contributed by atoms with Crippen molar-refractivity contribution in [2.45, 2.75) is 26.0 Å². The molecule has 1 rings (SSSR count). The standard InChI is InChI=1S/C10H15FN2O/c1-7(8(2)14-3)12-10-6-4-5-9(11)13-10/h4-8H,1-3H3,(H,12,13). The number of nitrogens with zero attached hydrogens (tertiary/aromatic N) is 1. The Morgan fingerprint density at radius 3 is 2.71 bits per heavy atom. The van der Waals surface area contributed by atoms with Crippen molar-refractivity contribution in [2.24, 2.45) is 0 Å². The Hall–Kier alpha value is -1.16. The third-order valence-corrected chi connectivity index (χ3v) is 2.17. The summed E-state index contributed by atoms with van der Waals surface area (Å²) < 4.78 is 17.8. The van der Waals surface area contributed by atoms with Gasteiger partial charge in [0.1, 0.15) is 5.82 Å². The summed E-state index contributed by atoms with van der Waals surface area (Å²) in [6, 6.07) is 4.75. The first-order valence-electron chi connectivity index (χ1n) is 4.55. The highest BCUT2D eigenvalue weighted by molar-refractivity contribution is 5.34. The van der Waals surface area contributed by atoms with E-state index < -0.39 is 5.95 Å². The van der Waals surface area contributed by atoms with Crippen LogP contribution < -0.4 is 5.32 Å². The molecule has 0 aliphatic heterocycles. The first-order chi connectivity index (χ1) is 6.63. The van der Waals surface area contributed by atoms with Gasteiger partial charge in [-0.3, -0.25) is 0 Å². The summed E-state index contributed by atoms with van der Waals surface area (Å²) in [4.78, 5) is 3.70. The average molecular weight is 198 g/mol. The fourth-order valence-electron chi connectivity index (χ4n) is 1.04. The largest absolute Gasteiger partial charge is 0.380 e. The second-order valence-corrected chi connectivity index (χ2v) is 3.22. The number of rotatable bonds is 4. The van der Waals surface area contributed by atoms with E-state index in [1.165, 1.54) is 6.07 Å². The molecule has 1 N–H and O–H groups in total. The summed E-state index contributed by atoms with van der Waals surface area (Å²) in [7, 11) is 1.64. The maximum Gasteiger partial charge on any atom is 0.214 e. The van der Waals surface area contributed by atoms with Crippen molar-refractivity contribution in [3.8, 4) is 0 Å². The molecule has 0 saturated carbocycles. The fourth-order valence-corrected chi connectivity index (χ4v) is 1.04. The zero-order valence-corrected chi connectivity index (χ0v) is 8.62. The van der Waals surface area contributed by atoms with Crippen LogP contribution in [0.1, 0.15) is 13.8 Å². The molecular formula is C10H15FN2O. The molecule has 0 fully saturated rings. The highest BCUT2D eigenvalue weighted by Gasteiger charge is 2.11. The molecule has 1 aromatic heterocycles. The van der Waals surface area contributed by atoms with Gasteiger partial charge in [-0.1, -0.05) is 6.07 Å². The molecule has 0 amide bonds. The lowest BCUT2D eigenvalue weighted by Gasteiger charge is -2.20. The minimum absolute atomic E-state index is 0.0556. The number of pyridine rings is 1. The van der Waals surface area contributed by atoms with Gasteiger partial charge in [0, 0.05) is 7.11 Å². The summed E-state index contributed by atoms with van der Waals surface area (Å²) in [6.07, 6.45) is 0.0556. The predicted octanol–water partition coefficient (Wildman–Crippen LogP) is 2.06. The number of ether oxygens (including phenoxy) is 1. The Kier molecular flexibility index (Phi) is 3.83.